The Labute approximate surface area is 144 Å². The summed E-state index contributed by atoms with van der Waals surface area (Å²) < 4.78 is 0. The molecule has 1 atom stereocenters. The summed E-state index contributed by atoms with van der Waals surface area (Å²) >= 11 is 0. The average Bonchev–Trinajstić information content (AvgIpc) is 2.87. The number of nitrogens with one attached hydrogen (secondary N) is 1. The Hall–Kier alpha value is -1.63. The van der Waals surface area contributed by atoms with Crippen molar-refractivity contribution in [3.8, 4) is 0 Å². The Morgan fingerprint density at radius 3 is 2.46 bits per heavy atom. The van der Waals surface area contributed by atoms with Crippen LogP contribution in [0.2, 0.25) is 0 Å². The van der Waals surface area contributed by atoms with Gasteiger partial charge in [-0.3, -0.25) is 14.6 Å². The molecule has 0 saturated carbocycles. The van der Waals surface area contributed by atoms with Crippen molar-refractivity contribution in [2.24, 2.45) is 5.92 Å². The second-order valence-corrected chi connectivity index (χ2v) is 6.70. The molecule has 24 heavy (non-hydrogen) atoms. The van der Waals surface area contributed by atoms with E-state index >= 15 is 0 Å². The molecular weight excluding hydrogens is 304 g/mol. The van der Waals surface area contributed by atoms with Crippen molar-refractivity contribution < 1.29 is 9.90 Å². The van der Waals surface area contributed by atoms with E-state index in [9.17, 15) is 9.90 Å². The lowest BCUT2D eigenvalue weighted by Gasteiger charge is -2.37. The van der Waals surface area contributed by atoms with E-state index in [2.05, 4.69) is 50.3 Å². The van der Waals surface area contributed by atoms with Crippen molar-refractivity contribution in [3.63, 3.8) is 0 Å². The van der Waals surface area contributed by atoms with Gasteiger partial charge in [-0.1, -0.05) is 18.2 Å². The molecular formula is C18H28N4O2. The number of para-hydroxylation sites is 1. The predicted octanol–water partition coefficient (Wildman–Crippen LogP) is 0.415. The van der Waals surface area contributed by atoms with Crippen molar-refractivity contribution in [2.75, 3.05) is 70.3 Å². The largest absolute Gasteiger partial charge is 0.481 e. The quantitative estimate of drug-likeness (QED) is 0.815. The van der Waals surface area contributed by atoms with E-state index in [1.54, 1.807) is 0 Å². The number of hydrogen-bond acceptors (Lipinski definition) is 5. The van der Waals surface area contributed by atoms with Crippen molar-refractivity contribution in [1.29, 1.82) is 0 Å². The number of hydrogen-bond donors (Lipinski definition) is 2. The molecule has 2 heterocycles. The monoisotopic (exact) mass is 332 g/mol. The summed E-state index contributed by atoms with van der Waals surface area (Å²) in [7, 11) is 0. The third-order valence-electron chi connectivity index (χ3n) is 5.05. The Balaban J connectivity index is 1.42. The highest BCUT2D eigenvalue weighted by Gasteiger charge is 2.24. The minimum Gasteiger partial charge on any atom is -0.481 e. The fraction of sp³-hybridized carbons (Fsp3) is 0.611. The molecule has 1 aromatic rings. The van der Waals surface area contributed by atoms with Crippen LogP contribution in [0.5, 0.6) is 0 Å². The molecule has 0 bridgehead atoms. The number of nitrogens with zero attached hydrogens (tertiary/aromatic N) is 3. The van der Waals surface area contributed by atoms with E-state index in [0.717, 1.165) is 52.4 Å². The zero-order valence-corrected chi connectivity index (χ0v) is 14.2. The van der Waals surface area contributed by atoms with E-state index in [1.807, 2.05) is 0 Å². The number of aliphatic carboxylic acids is 1. The standard InChI is InChI=1S/C18H28N4O2/c23-18(24)16-14-19-6-7-21(15-16)9-8-20-10-12-22(13-11-20)17-4-2-1-3-5-17/h1-5,16,19H,6-15H2,(H,23,24). The van der Waals surface area contributed by atoms with Gasteiger partial charge in [-0.2, -0.15) is 0 Å². The fourth-order valence-electron chi connectivity index (χ4n) is 3.50. The summed E-state index contributed by atoms with van der Waals surface area (Å²) in [6.07, 6.45) is 0. The number of rotatable bonds is 5. The summed E-state index contributed by atoms with van der Waals surface area (Å²) in [5.74, 6) is -0.978. The Morgan fingerprint density at radius 1 is 1.04 bits per heavy atom. The molecule has 0 aliphatic carbocycles. The van der Waals surface area contributed by atoms with Gasteiger partial charge in [0.1, 0.15) is 0 Å². The maximum absolute atomic E-state index is 11.2. The van der Waals surface area contributed by atoms with E-state index in [-0.39, 0.29) is 5.92 Å². The second-order valence-electron chi connectivity index (χ2n) is 6.70. The number of benzene rings is 1. The van der Waals surface area contributed by atoms with Crippen molar-refractivity contribution in [2.45, 2.75) is 0 Å². The van der Waals surface area contributed by atoms with E-state index < -0.39 is 5.97 Å². The molecule has 6 heteroatoms. The number of anilines is 1. The lowest BCUT2D eigenvalue weighted by Crippen LogP contribution is -2.49. The van der Waals surface area contributed by atoms with Gasteiger partial charge >= 0.3 is 5.97 Å². The molecule has 0 spiro atoms. The summed E-state index contributed by atoms with van der Waals surface area (Å²) in [5, 5.41) is 12.5. The Kier molecular flexibility index (Phi) is 6.07. The molecule has 2 aliphatic rings. The highest BCUT2D eigenvalue weighted by atomic mass is 16.4. The van der Waals surface area contributed by atoms with E-state index in [0.29, 0.717) is 13.1 Å². The van der Waals surface area contributed by atoms with Gasteiger partial charge in [-0.05, 0) is 12.1 Å². The zero-order valence-electron chi connectivity index (χ0n) is 14.2. The first-order valence-corrected chi connectivity index (χ1v) is 8.90. The summed E-state index contributed by atoms with van der Waals surface area (Å²) in [6, 6.07) is 10.6. The van der Waals surface area contributed by atoms with Crippen molar-refractivity contribution >= 4 is 11.7 Å². The van der Waals surface area contributed by atoms with Crippen molar-refractivity contribution in [1.82, 2.24) is 15.1 Å². The maximum atomic E-state index is 11.2. The highest BCUT2D eigenvalue weighted by molar-refractivity contribution is 5.70. The van der Waals surface area contributed by atoms with Gasteiger partial charge in [0.15, 0.2) is 0 Å². The average molecular weight is 332 g/mol. The Bertz CT molecular complexity index is 517. The minimum atomic E-state index is -0.689. The van der Waals surface area contributed by atoms with Crippen LogP contribution in [-0.4, -0.2) is 86.3 Å². The normalized spacial score (nSPS) is 23.8. The lowest BCUT2D eigenvalue weighted by molar-refractivity contribution is -0.142. The van der Waals surface area contributed by atoms with Gasteiger partial charge < -0.3 is 15.3 Å². The van der Waals surface area contributed by atoms with Crippen LogP contribution in [0.4, 0.5) is 5.69 Å². The van der Waals surface area contributed by atoms with Gasteiger partial charge in [0.05, 0.1) is 5.92 Å². The smallest absolute Gasteiger partial charge is 0.309 e. The minimum absolute atomic E-state index is 0.289. The number of carbonyl (C=O) groups is 1. The highest BCUT2D eigenvalue weighted by Crippen LogP contribution is 2.15. The number of piperazine rings is 1. The van der Waals surface area contributed by atoms with Crippen LogP contribution in [-0.2, 0) is 4.79 Å². The molecule has 0 radical (unpaired) electrons. The van der Waals surface area contributed by atoms with E-state index in [4.69, 9.17) is 0 Å². The fourth-order valence-corrected chi connectivity index (χ4v) is 3.50. The van der Waals surface area contributed by atoms with Crippen LogP contribution in [0.3, 0.4) is 0 Å². The molecule has 6 nitrogen and oxygen atoms in total. The lowest BCUT2D eigenvalue weighted by atomic mass is 10.1. The van der Waals surface area contributed by atoms with E-state index in [1.165, 1.54) is 5.69 Å². The second kappa shape index (κ2) is 8.46. The van der Waals surface area contributed by atoms with Crippen LogP contribution in [0.25, 0.3) is 0 Å². The van der Waals surface area contributed by atoms with Gasteiger partial charge in [0.25, 0.3) is 0 Å². The number of carboxylic acid groups (broad SMARTS) is 1. The van der Waals surface area contributed by atoms with Crippen LogP contribution in [0, 0.1) is 5.92 Å². The summed E-state index contributed by atoms with van der Waals surface area (Å²) in [6.45, 7) is 9.30. The van der Waals surface area contributed by atoms with Crippen LogP contribution < -0.4 is 10.2 Å². The zero-order chi connectivity index (χ0) is 16.8. The molecule has 2 N–H and O–H groups in total. The number of carboxylic acids is 1. The molecule has 1 unspecified atom stereocenters. The molecule has 2 fully saturated rings. The summed E-state index contributed by atoms with van der Waals surface area (Å²) in [4.78, 5) is 18.5. The third-order valence-corrected chi connectivity index (χ3v) is 5.05. The summed E-state index contributed by atoms with van der Waals surface area (Å²) in [5.41, 5.74) is 1.31. The molecule has 3 rings (SSSR count). The van der Waals surface area contributed by atoms with Gasteiger partial charge in [-0.15, -0.1) is 0 Å². The van der Waals surface area contributed by atoms with Gasteiger partial charge in [0.2, 0.25) is 0 Å². The first-order chi connectivity index (χ1) is 11.7. The van der Waals surface area contributed by atoms with Gasteiger partial charge in [-0.25, -0.2) is 0 Å². The van der Waals surface area contributed by atoms with Crippen LogP contribution in [0.1, 0.15) is 0 Å². The molecule has 2 aliphatic heterocycles. The predicted molar refractivity (Wildman–Crippen MR) is 95.5 cm³/mol. The van der Waals surface area contributed by atoms with Crippen LogP contribution in [0.15, 0.2) is 30.3 Å². The third kappa shape index (κ3) is 4.69. The Morgan fingerprint density at radius 2 is 1.75 bits per heavy atom. The first kappa shape index (κ1) is 17.2. The topological polar surface area (TPSA) is 59.1 Å². The molecule has 1 aromatic carbocycles. The molecule has 0 aromatic heterocycles. The maximum Gasteiger partial charge on any atom is 0.309 e. The SMILES string of the molecule is O=C(O)C1CNCCN(CCN2CCN(c3ccccc3)CC2)C1. The molecule has 2 saturated heterocycles. The first-order valence-electron chi connectivity index (χ1n) is 8.90. The van der Waals surface area contributed by atoms with Gasteiger partial charge in [0, 0.05) is 71.1 Å². The molecule has 132 valence electrons. The van der Waals surface area contributed by atoms with Crippen molar-refractivity contribution in [3.05, 3.63) is 30.3 Å². The van der Waals surface area contributed by atoms with Crippen LogP contribution >= 0.6 is 0 Å². The molecule has 0 amide bonds.